The van der Waals surface area contributed by atoms with E-state index in [9.17, 15) is 8.78 Å². The molecule has 7 heteroatoms. The number of aromatic nitrogens is 3. The van der Waals surface area contributed by atoms with Crippen LogP contribution in [0.3, 0.4) is 0 Å². The largest absolute Gasteiger partial charge is 0.369 e. The van der Waals surface area contributed by atoms with Crippen LogP contribution in [0.25, 0.3) is 11.4 Å². The van der Waals surface area contributed by atoms with E-state index in [0.29, 0.717) is 30.4 Å². The minimum absolute atomic E-state index is 0.0994. The Morgan fingerprint density at radius 1 is 1.29 bits per heavy atom. The number of aryl methyl sites for hydroxylation is 1. The second-order valence-electron chi connectivity index (χ2n) is 6.25. The Bertz CT molecular complexity index is 693. The van der Waals surface area contributed by atoms with E-state index in [-0.39, 0.29) is 13.0 Å². The normalized spacial score (nSPS) is 20.8. The van der Waals surface area contributed by atoms with Crippen molar-refractivity contribution in [1.82, 2.24) is 19.9 Å². The summed E-state index contributed by atoms with van der Waals surface area (Å²) >= 11 is 0. The second kappa shape index (κ2) is 6.76. The first-order valence-electron chi connectivity index (χ1n) is 8.01. The fourth-order valence-corrected chi connectivity index (χ4v) is 2.89. The monoisotopic (exact) mass is 333 g/mol. The summed E-state index contributed by atoms with van der Waals surface area (Å²) in [5.74, 6) is -2.25. The first kappa shape index (κ1) is 16.7. The van der Waals surface area contributed by atoms with Gasteiger partial charge in [-0.1, -0.05) is 6.07 Å². The van der Waals surface area contributed by atoms with E-state index >= 15 is 0 Å². The van der Waals surface area contributed by atoms with E-state index in [2.05, 4.69) is 20.3 Å². The summed E-state index contributed by atoms with van der Waals surface area (Å²) in [6.45, 7) is 2.76. The predicted molar refractivity (Wildman–Crippen MR) is 89.0 cm³/mol. The highest BCUT2D eigenvalue weighted by Gasteiger charge is 2.42. The van der Waals surface area contributed by atoms with Gasteiger partial charge in [-0.2, -0.15) is 0 Å². The molecule has 0 spiro atoms. The van der Waals surface area contributed by atoms with Crippen molar-refractivity contribution in [1.29, 1.82) is 0 Å². The Balaban J connectivity index is 1.75. The highest BCUT2D eigenvalue weighted by atomic mass is 19.3. The molecule has 0 aliphatic carbocycles. The lowest BCUT2D eigenvalue weighted by Crippen LogP contribution is -2.48. The summed E-state index contributed by atoms with van der Waals surface area (Å²) in [6, 6.07) is 7.32. The van der Waals surface area contributed by atoms with Crippen molar-refractivity contribution in [2.24, 2.45) is 5.92 Å². The Labute approximate surface area is 140 Å². The number of piperidine rings is 1. The van der Waals surface area contributed by atoms with E-state index in [1.54, 1.807) is 19.2 Å². The molecule has 1 aliphatic rings. The number of rotatable bonds is 4. The van der Waals surface area contributed by atoms with Crippen molar-refractivity contribution in [3.8, 4) is 11.4 Å². The van der Waals surface area contributed by atoms with Crippen molar-refractivity contribution in [2.45, 2.75) is 19.3 Å². The van der Waals surface area contributed by atoms with Crippen LogP contribution in [0.1, 0.15) is 12.2 Å². The summed E-state index contributed by atoms with van der Waals surface area (Å²) in [5.41, 5.74) is 1.41. The number of nitrogens with zero attached hydrogens (tertiary/aromatic N) is 4. The molecule has 2 aromatic rings. The molecule has 1 aliphatic heterocycles. The summed E-state index contributed by atoms with van der Waals surface area (Å²) in [5, 5.41) is 3.06. The SMILES string of the molecule is Cc1nc(NCC2CN(C)CCC2(F)F)cc(-c2ccccn2)n1. The van der Waals surface area contributed by atoms with Crippen molar-refractivity contribution in [3.05, 3.63) is 36.3 Å². The molecule has 1 saturated heterocycles. The van der Waals surface area contributed by atoms with E-state index < -0.39 is 11.8 Å². The quantitative estimate of drug-likeness (QED) is 0.932. The average Bonchev–Trinajstić information content (AvgIpc) is 2.56. The Morgan fingerprint density at radius 3 is 2.88 bits per heavy atom. The Morgan fingerprint density at radius 2 is 2.12 bits per heavy atom. The molecule has 24 heavy (non-hydrogen) atoms. The van der Waals surface area contributed by atoms with Crippen LogP contribution in [0.5, 0.6) is 0 Å². The van der Waals surface area contributed by atoms with Crippen molar-refractivity contribution in [2.75, 3.05) is 32.0 Å². The molecular weight excluding hydrogens is 312 g/mol. The highest BCUT2D eigenvalue weighted by molar-refractivity contribution is 5.58. The molecule has 2 aromatic heterocycles. The van der Waals surface area contributed by atoms with Crippen LogP contribution in [0.2, 0.25) is 0 Å². The fourth-order valence-electron chi connectivity index (χ4n) is 2.89. The van der Waals surface area contributed by atoms with Crippen LogP contribution in [0.4, 0.5) is 14.6 Å². The maximum Gasteiger partial charge on any atom is 0.255 e. The predicted octanol–water partition coefficient (Wildman–Crippen LogP) is 2.85. The van der Waals surface area contributed by atoms with Gasteiger partial charge in [-0.05, 0) is 26.1 Å². The lowest BCUT2D eigenvalue weighted by molar-refractivity contribution is -0.0963. The molecule has 3 heterocycles. The van der Waals surface area contributed by atoms with Crippen LogP contribution >= 0.6 is 0 Å². The molecular formula is C17H21F2N5. The van der Waals surface area contributed by atoms with Crippen LogP contribution in [-0.2, 0) is 0 Å². The summed E-state index contributed by atoms with van der Waals surface area (Å²) in [6.07, 6.45) is 1.59. The topological polar surface area (TPSA) is 53.9 Å². The van der Waals surface area contributed by atoms with Gasteiger partial charge < -0.3 is 10.2 Å². The second-order valence-corrected chi connectivity index (χ2v) is 6.25. The number of alkyl halides is 2. The van der Waals surface area contributed by atoms with Crippen LogP contribution in [0.15, 0.2) is 30.5 Å². The minimum atomic E-state index is -2.65. The minimum Gasteiger partial charge on any atom is -0.369 e. The third-order valence-corrected chi connectivity index (χ3v) is 4.25. The van der Waals surface area contributed by atoms with Gasteiger partial charge in [0, 0.05) is 38.3 Å². The summed E-state index contributed by atoms with van der Waals surface area (Å²) < 4.78 is 28.1. The smallest absolute Gasteiger partial charge is 0.255 e. The molecule has 5 nitrogen and oxygen atoms in total. The van der Waals surface area contributed by atoms with Gasteiger partial charge in [0.05, 0.1) is 17.3 Å². The number of pyridine rings is 1. The molecule has 0 saturated carbocycles. The lowest BCUT2D eigenvalue weighted by atomic mass is 9.94. The molecule has 128 valence electrons. The molecule has 0 radical (unpaired) electrons. The van der Waals surface area contributed by atoms with Gasteiger partial charge in [-0.15, -0.1) is 0 Å². The number of likely N-dealkylation sites (tertiary alicyclic amines) is 1. The molecule has 0 bridgehead atoms. The number of hydrogen-bond acceptors (Lipinski definition) is 5. The molecule has 0 amide bonds. The lowest BCUT2D eigenvalue weighted by Gasteiger charge is -2.36. The number of hydrogen-bond donors (Lipinski definition) is 1. The number of anilines is 1. The standard InChI is InChI=1S/C17H21F2N5/c1-12-22-15(14-5-3-4-7-20-14)9-16(23-12)21-10-13-11-24(2)8-6-17(13,18)19/h3-5,7,9,13H,6,8,10-11H2,1-2H3,(H,21,22,23). The number of halogens is 2. The van der Waals surface area contributed by atoms with Gasteiger partial charge in [-0.25, -0.2) is 18.7 Å². The van der Waals surface area contributed by atoms with E-state index in [1.165, 1.54) is 0 Å². The maximum absolute atomic E-state index is 14.1. The van der Waals surface area contributed by atoms with E-state index in [0.717, 1.165) is 5.69 Å². The molecule has 1 fully saturated rings. The van der Waals surface area contributed by atoms with Crippen molar-refractivity contribution in [3.63, 3.8) is 0 Å². The third kappa shape index (κ3) is 3.84. The van der Waals surface area contributed by atoms with Crippen LogP contribution in [0, 0.1) is 12.8 Å². The van der Waals surface area contributed by atoms with E-state index in [1.807, 2.05) is 30.1 Å². The average molecular weight is 333 g/mol. The van der Waals surface area contributed by atoms with Gasteiger partial charge in [0.1, 0.15) is 11.6 Å². The van der Waals surface area contributed by atoms with Crippen molar-refractivity contribution >= 4 is 5.82 Å². The first-order chi connectivity index (χ1) is 11.4. The van der Waals surface area contributed by atoms with Crippen molar-refractivity contribution < 1.29 is 8.78 Å². The fraction of sp³-hybridized carbons (Fsp3) is 0.471. The molecule has 1 unspecified atom stereocenters. The molecule has 0 aromatic carbocycles. The Kier molecular flexibility index (Phi) is 4.71. The maximum atomic E-state index is 14.1. The Hall–Kier alpha value is -2.15. The number of nitrogens with one attached hydrogen (secondary N) is 1. The van der Waals surface area contributed by atoms with Crippen LogP contribution < -0.4 is 5.32 Å². The van der Waals surface area contributed by atoms with Gasteiger partial charge in [-0.3, -0.25) is 4.98 Å². The zero-order chi connectivity index (χ0) is 17.2. The summed E-state index contributed by atoms with van der Waals surface area (Å²) in [4.78, 5) is 14.9. The van der Waals surface area contributed by atoms with Gasteiger partial charge in [0.2, 0.25) is 0 Å². The van der Waals surface area contributed by atoms with Gasteiger partial charge >= 0.3 is 0 Å². The first-order valence-corrected chi connectivity index (χ1v) is 8.01. The van der Waals surface area contributed by atoms with Gasteiger partial charge in [0.15, 0.2) is 0 Å². The molecule has 1 N–H and O–H groups in total. The summed E-state index contributed by atoms with van der Waals surface area (Å²) in [7, 11) is 1.87. The zero-order valence-corrected chi connectivity index (χ0v) is 13.8. The molecule has 1 atom stereocenters. The third-order valence-electron chi connectivity index (χ3n) is 4.25. The zero-order valence-electron chi connectivity index (χ0n) is 13.8. The van der Waals surface area contributed by atoms with Crippen LogP contribution in [-0.4, -0.2) is 52.5 Å². The molecule has 3 rings (SSSR count). The van der Waals surface area contributed by atoms with Gasteiger partial charge in [0.25, 0.3) is 5.92 Å². The van der Waals surface area contributed by atoms with E-state index in [4.69, 9.17) is 0 Å². The highest BCUT2D eigenvalue weighted by Crippen LogP contribution is 2.33.